The van der Waals surface area contributed by atoms with Crippen LogP contribution in [-0.4, -0.2) is 43.5 Å². The maximum atomic E-state index is 13.1. The molecule has 1 fully saturated rings. The second-order valence-corrected chi connectivity index (χ2v) is 7.86. The fourth-order valence-electron chi connectivity index (χ4n) is 4.37. The van der Waals surface area contributed by atoms with Crippen molar-refractivity contribution in [2.75, 3.05) is 13.1 Å². The van der Waals surface area contributed by atoms with Gasteiger partial charge in [-0.15, -0.1) is 10.2 Å². The van der Waals surface area contributed by atoms with Crippen molar-refractivity contribution >= 4 is 22.6 Å². The molecule has 3 heterocycles. The van der Waals surface area contributed by atoms with Gasteiger partial charge in [-0.2, -0.15) is 0 Å². The van der Waals surface area contributed by atoms with Gasteiger partial charge in [0.2, 0.25) is 5.65 Å². The van der Waals surface area contributed by atoms with Crippen LogP contribution < -0.4 is 5.56 Å². The van der Waals surface area contributed by atoms with E-state index in [-0.39, 0.29) is 17.1 Å². The van der Waals surface area contributed by atoms with Crippen molar-refractivity contribution in [2.45, 2.75) is 32.1 Å². The average molecular weight is 401 g/mol. The Morgan fingerprint density at radius 1 is 1.17 bits per heavy atom. The topological polar surface area (TPSA) is 83.4 Å². The summed E-state index contributed by atoms with van der Waals surface area (Å²) in [5.74, 6) is 1.12. The molecule has 2 aromatic carbocycles. The van der Waals surface area contributed by atoms with Crippen molar-refractivity contribution in [3.8, 4) is 0 Å². The van der Waals surface area contributed by atoms with E-state index >= 15 is 0 Å². The molecule has 1 saturated heterocycles. The summed E-state index contributed by atoms with van der Waals surface area (Å²) in [4.78, 5) is 30.4. The third kappa shape index (κ3) is 3.07. The van der Waals surface area contributed by atoms with E-state index < -0.39 is 0 Å². The smallest absolute Gasteiger partial charge is 0.294 e. The second kappa shape index (κ2) is 7.40. The van der Waals surface area contributed by atoms with Crippen molar-refractivity contribution in [1.29, 1.82) is 0 Å². The molecule has 7 heteroatoms. The van der Waals surface area contributed by atoms with Crippen LogP contribution in [0.15, 0.2) is 53.3 Å². The lowest BCUT2D eigenvalue weighted by molar-refractivity contribution is 0.0791. The summed E-state index contributed by atoms with van der Waals surface area (Å²) in [6, 6.07) is 15.8. The normalized spacial score (nSPS) is 16.6. The first-order valence-corrected chi connectivity index (χ1v) is 10.4. The third-order valence-corrected chi connectivity index (χ3v) is 5.89. The van der Waals surface area contributed by atoms with E-state index in [0.717, 1.165) is 37.1 Å². The molecule has 1 N–H and O–H groups in total. The van der Waals surface area contributed by atoms with Crippen LogP contribution in [0.25, 0.3) is 16.7 Å². The molecule has 0 spiro atoms. The van der Waals surface area contributed by atoms with Crippen molar-refractivity contribution in [3.05, 3.63) is 75.8 Å². The number of hydrogen-bond acceptors (Lipinski definition) is 4. The minimum Gasteiger partial charge on any atom is -0.338 e. The second-order valence-electron chi connectivity index (χ2n) is 7.86. The van der Waals surface area contributed by atoms with E-state index in [0.29, 0.717) is 23.5 Å². The number of rotatable bonds is 4. The third-order valence-electron chi connectivity index (χ3n) is 5.89. The van der Waals surface area contributed by atoms with E-state index in [1.807, 2.05) is 35.2 Å². The number of carbonyl (C=O) groups excluding carboxylic acids is 1. The van der Waals surface area contributed by atoms with Crippen LogP contribution in [0.5, 0.6) is 0 Å². The molecule has 1 amide bonds. The van der Waals surface area contributed by atoms with Crippen LogP contribution in [0, 0.1) is 0 Å². The van der Waals surface area contributed by atoms with Gasteiger partial charge in [0.25, 0.3) is 11.5 Å². The molecule has 0 bridgehead atoms. The molecule has 1 aliphatic heterocycles. The number of aromatic amines is 1. The van der Waals surface area contributed by atoms with Crippen molar-refractivity contribution in [1.82, 2.24) is 24.5 Å². The Morgan fingerprint density at radius 2 is 2.00 bits per heavy atom. The molecule has 1 aliphatic rings. The van der Waals surface area contributed by atoms with E-state index in [1.54, 1.807) is 10.5 Å². The molecule has 1 unspecified atom stereocenters. The Balaban J connectivity index is 1.48. The van der Waals surface area contributed by atoms with Gasteiger partial charge in [-0.25, -0.2) is 0 Å². The van der Waals surface area contributed by atoms with Gasteiger partial charge in [-0.05, 0) is 36.6 Å². The van der Waals surface area contributed by atoms with Gasteiger partial charge in [-0.3, -0.25) is 14.0 Å². The summed E-state index contributed by atoms with van der Waals surface area (Å²) < 4.78 is 1.80. The number of aryl methyl sites for hydroxylation is 1. The van der Waals surface area contributed by atoms with Crippen LogP contribution in [0.1, 0.15) is 47.4 Å². The fraction of sp³-hybridized carbons (Fsp3) is 0.304. The van der Waals surface area contributed by atoms with E-state index in [9.17, 15) is 9.59 Å². The summed E-state index contributed by atoms with van der Waals surface area (Å²) in [5.41, 5.74) is 3.26. The highest BCUT2D eigenvalue weighted by Crippen LogP contribution is 2.28. The first kappa shape index (κ1) is 18.5. The molecule has 1 atom stereocenters. The predicted molar refractivity (Wildman–Crippen MR) is 115 cm³/mol. The van der Waals surface area contributed by atoms with Gasteiger partial charge >= 0.3 is 0 Å². The molecule has 0 saturated carbocycles. The molecule has 4 aromatic rings. The lowest BCUT2D eigenvalue weighted by Gasteiger charge is -2.17. The number of fused-ring (bicyclic) bond motifs is 3. The van der Waals surface area contributed by atoms with E-state index in [2.05, 4.69) is 34.2 Å². The molecule has 5 rings (SSSR count). The number of amides is 1. The first-order valence-electron chi connectivity index (χ1n) is 10.4. The maximum Gasteiger partial charge on any atom is 0.294 e. The molecular formula is C23H23N5O2. The van der Waals surface area contributed by atoms with Gasteiger partial charge < -0.3 is 9.88 Å². The Morgan fingerprint density at radius 3 is 2.80 bits per heavy atom. The number of nitrogens with one attached hydrogen (secondary N) is 1. The van der Waals surface area contributed by atoms with Gasteiger partial charge in [0.1, 0.15) is 5.82 Å². The number of aromatic nitrogens is 4. The van der Waals surface area contributed by atoms with Gasteiger partial charge in [-0.1, -0.05) is 37.3 Å². The predicted octanol–water partition coefficient (Wildman–Crippen LogP) is 3.15. The van der Waals surface area contributed by atoms with Crippen LogP contribution in [-0.2, 0) is 6.42 Å². The monoisotopic (exact) mass is 401 g/mol. The minimum absolute atomic E-state index is 0.00573. The van der Waals surface area contributed by atoms with E-state index in [1.165, 1.54) is 5.56 Å². The number of H-pyrrole nitrogens is 1. The Hall–Kier alpha value is -3.48. The molecule has 0 aliphatic carbocycles. The Labute approximate surface area is 173 Å². The number of benzene rings is 2. The summed E-state index contributed by atoms with van der Waals surface area (Å²) in [6.07, 6.45) is 2.60. The maximum absolute atomic E-state index is 13.1. The van der Waals surface area contributed by atoms with Crippen LogP contribution in [0.4, 0.5) is 0 Å². The zero-order chi connectivity index (χ0) is 20.7. The quantitative estimate of drug-likeness (QED) is 0.569. The molecule has 7 nitrogen and oxygen atoms in total. The zero-order valence-corrected chi connectivity index (χ0v) is 16.8. The fourth-order valence-corrected chi connectivity index (χ4v) is 4.37. The lowest BCUT2D eigenvalue weighted by atomic mass is 9.99. The molecule has 152 valence electrons. The standard InChI is InChI=1S/C23H23N5O2/c1-2-6-20-25-26-21-22(29)24-18-13-16(9-10-19(18)28(20)21)23(30)27-12-11-17(14-27)15-7-4-3-5-8-15/h3-5,7-10,13,17H,2,6,11-12,14H2,1H3,(H,24,29). The number of carbonyl (C=O) groups is 1. The van der Waals surface area contributed by atoms with Crippen LogP contribution in [0.2, 0.25) is 0 Å². The molecule has 30 heavy (non-hydrogen) atoms. The van der Waals surface area contributed by atoms with Crippen molar-refractivity contribution in [2.24, 2.45) is 0 Å². The zero-order valence-electron chi connectivity index (χ0n) is 16.8. The lowest BCUT2D eigenvalue weighted by Crippen LogP contribution is -2.28. The van der Waals surface area contributed by atoms with Crippen LogP contribution >= 0.6 is 0 Å². The molecule has 0 radical (unpaired) electrons. The summed E-state index contributed by atoms with van der Waals surface area (Å²) >= 11 is 0. The van der Waals surface area contributed by atoms with Gasteiger partial charge in [0.15, 0.2) is 0 Å². The molecular weight excluding hydrogens is 378 g/mol. The van der Waals surface area contributed by atoms with Gasteiger partial charge in [0.05, 0.1) is 11.0 Å². The molecule has 2 aromatic heterocycles. The van der Waals surface area contributed by atoms with Crippen molar-refractivity contribution < 1.29 is 4.79 Å². The van der Waals surface area contributed by atoms with E-state index in [4.69, 9.17) is 0 Å². The largest absolute Gasteiger partial charge is 0.338 e. The number of likely N-dealkylation sites (tertiary alicyclic amines) is 1. The Bertz CT molecular complexity index is 1290. The van der Waals surface area contributed by atoms with Crippen LogP contribution in [0.3, 0.4) is 0 Å². The summed E-state index contributed by atoms with van der Waals surface area (Å²) in [5, 5.41) is 8.21. The number of hydrogen-bond donors (Lipinski definition) is 1. The number of nitrogens with zero attached hydrogens (tertiary/aromatic N) is 4. The average Bonchev–Trinajstić information content (AvgIpc) is 3.42. The Kier molecular flexibility index (Phi) is 4.58. The SMILES string of the molecule is CCCc1nnc2c(=O)[nH]c3cc(C(=O)N4CCC(c5ccccc5)C4)ccc3n12. The van der Waals surface area contributed by atoms with Crippen molar-refractivity contribution in [3.63, 3.8) is 0 Å². The highest BCUT2D eigenvalue weighted by atomic mass is 16.2. The van der Waals surface area contributed by atoms with Gasteiger partial charge in [0, 0.05) is 31.0 Å². The highest BCUT2D eigenvalue weighted by molar-refractivity contribution is 5.97. The minimum atomic E-state index is -0.299. The summed E-state index contributed by atoms with van der Waals surface area (Å²) in [7, 11) is 0. The highest BCUT2D eigenvalue weighted by Gasteiger charge is 2.28. The summed E-state index contributed by atoms with van der Waals surface area (Å²) in [6.45, 7) is 3.51. The first-order chi connectivity index (χ1) is 14.7.